The molecule has 4 aliphatic heterocycles. The second-order valence-electron chi connectivity index (χ2n) is 11.0. The minimum absolute atomic E-state index is 0.100. The Morgan fingerprint density at radius 3 is 2.61 bits per heavy atom. The summed E-state index contributed by atoms with van der Waals surface area (Å²) < 4.78 is 20.6. The molecule has 2 saturated heterocycles. The molecular formula is C30H28FN3O4. The van der Waals surface area contributed by atoms with Crippen molar-refractivity contribution in [2.75, 3.05) is 19.7 Å². The smallest absolute Gasteiger partial charge is 0.255 e. The maximum Gasteiger partial charge on any atom is 0.255 e. The minimum Gasteiger partial charge on any atom is -0.492 e. The van der Waals surface area contributed by atoms with Gasteiger partial charge in [-0.15, -0.1) is 0 Å². The van der Waals surface area contributed by atoms with Crippen LogP contribution in [0.3, 0.4) is 0 Å². The van der Waals surface area contributed by atoms with Crippen LogP contribution in [0.1, 0.15) is 52.7 Å². The topological polar surface area (TPSA) is 79.0 Å². The molecule has 2 fully saturated rings. The number of nitrogens with zero attached hydrogens (tertiary/aromatic N) is 2. The van der Waals surface area contributed by atoms with Crippen molar-refractivity contribution in [3.05, 3.63) is 76.6 Å². The molecule has 7 nitrogen and oxygen atoms in total. The van der Waals surface area contributed by atoms with Gasteiger partial charge in [0.25, 0.3) is 5.91 Å². The molecule has 7 rings (SSSR count). The second kappa shape index (κ2) is 8.63. The van der Waals surface area contributed by atoms with Crippen LogP contribution < -0.4 is 10.1 Å². The van der Waals surface area contributed by atoms with E-state index in [1.807, 2.05) is 30.3 Å². The first kappa shape index (κ1) is 23.3. The lowest BCUT2D eigenvalue weighted by molar-refractivity contribution is -0.136. The molecule has 194 valence electrons. The zero-order chi connectivity index (χ0) is 26.0. The molecule has 0 aliphatic carbocycles. The van der Waals surface area contributed by atoms with Gasteiger partial charge in [-0.2, -0.15) is 0 Å². The van der Waals surface area contributed by atoms with Crippen molar-refractivity contribution < 1.29 is 23.5 Å². The van der Waals surface area contributed by atoms with E-state index in [1.165, 1.54) is 6.07 Å². The van der Waals surface area contributed by atoms with E-state index in [1.54, 1.807) is 11.0 Å². The summed E-state index contributed by atoms with van der Waals surface area (Å²) in [6, 6.07) is 14.4. The molecule has 0 radical (unpaired) electrons. The Hall–Kier alpha value is -3.78. The van der Waals surface area contributed by atoms with E-state index in [4.69, 9.17) is 4.74 Å². The van der Waals surface area contributed by atoms with Gasteiger partial charge in [0.1, 0.15) is 17.6 Å². The van der Waals surface area contributed by atoms with Gasteiger partial charge in [0.2, 0.25) is 11.8 Å². The SMILES string of the molecule is O=C1CCC(N2Cc3c(ccc4c3OCC43CCN(Cc4cccc5c(F)cccc45)CC3)C2=O)C(=O)N1. The Labute approximate surface area is 219 Å². The summed E-state index contributed by atoms with van der Waals surface area (Å²) in [6.07, 6.45) is 2.44. The molecule has 1 unspecified atom stereocenters. The number of benzene rings is 3. The van der Waals surface area contributed by atoms with Crippen molar-refractivity contribution in [3.63, 3.8) is 0 Å². The number of imide groups is 1. The van der Waals surface area contributed by atoms with Crippen LogP contribution in [-0.2, 0) is 28.1 Å². The molecule has 1 spiro atoms. The van der Waals surface area contributed by atoms with E-state index in [2.05, 4.69) is 16.3 Å². The van der Waals surface area contributed by atoms with Crippen LogP contribution in [0.15, 0.2) is 48.5 Å². The average molecular weight is 514 g/mol. The standard InChI is InChI=1S/C30H28FN3O4/c31-24-6-2-4-19-18(3-1-5-20(19)24)15-33-13-11-30(12-14-33)17-38-27-22-16-34(25-9-10-26(35)32-28(25)36)29(37)21(22)7-8-23(27)30/h1-8,25H,9-17H2,(H,32,35,36). The fraction of sp³-hybridized carbons (Fsp3) is 0.367. The van der Waals surface area contributed by atoms with Gasteiger partial charge in [0.15, 0.2) is 0 Å². The first-order valence-electron chi connectivity index (χ1n) is 13.3. The van der Waals surface area contributed by atoms with Crippen molar-refractivity contribution in [2.45, 2.75) is 50.2 Å². The lowest BCUT2D eigenvalue weighted by atomic mass is 9.74. The van der Waals surface area contributed by atoms with E-state index >= 15 is 0 Å². The molecule has 3 amide bonds. The van der Waals surface area contributed by atoms with Gasteiger partial charge in [-0.05, 0) is 55.4 Å². The first-order chi connectivity index (χ1) is 18.4. The molecule has 0 aromatic heterocycles. The highest BCUT2D eigenvalue weighted by atomic mass is 19.1. The number of fused-ring (bicyclic) bond motifs is 5. The van der Waals surface area contributed by atoms with Crippen LogP contribution in [0.25, 0.3) is 10.8 Å². The molecule has 38 heavy (non-hydrogen) atoms. The highest BCUT2D eigenvalue weighted by Crippen LogP contribution is 2.49. The lowest BCUT2D eigenvalue weighted by Crippen LogP contribution is -2.52. The first-order valence-corrected chi connectivity index (χ1v) is 13.3. The number of ether oxygens (including phenoxy) is 1. The summed E-state index contributed by atoms with van der Waals surface area (Å²) >= 11 is 0. The number of likely N-dealkylation sites (tertiary alicyclic amines) is 1. The van der Waals surface area contributed by atoms with Gasteiger partial charge < -0.3 is 9.64 Å². The Morgan fingerprint density at radius 1 is 1.00 bits per heavy atom. The summed E-state index contributed by atoms with van der Waals surface area (Å²) in [5.74, 6) is -0.270. The van der Waals surface area contributed by atoms with Gasteiger partial charge in [-0.3, -0.25) is 24.6 Å². The number of piperidine rings is 2. The number of nitrogens with one attached hydrogen (secondary N) is 1. The van der Waals surface area contributed by atoms with Gasteiger partial charge in [0, 0.05) is 40.5 Å². The number of rotatable bonds is 3. The predicted octanol–water partition coefficient (Wildman–Crippen LogP) is 3.67. The van der Waals surface area contributed by atoms with Gasteiger partial charge in [0.05, 0.1) is 13.2 Å². The number of halogens is 1. The number of hydrogen-bond acceptors (Lipinski definition) is 5. The van der Waals surface area contributed by atoms with Gasteiger partial charge >= 0.3 is 0 Å². The van der Waals surface area contributed by atoms with Gasteiger partial charge in [-0.1, -0.05) is 36.4 Å². The van der Waals surface area contributed by atoms with Crippen LogP contribution in [0.2, 0.25) is 0 Å². The Balaban J connectivity index is 1.09. The van der Waals surface area contributed by atoms with E-state index < -0.39 is 11.9 Å². The quantitative estimate of drug-likeness (QED) is 0.541. The number of carbonyl (C=O) groups is 3. The van der Waals surface area contributed by atoms with Crippen molar-refractivity contribution in [1.29, 1.82) is 0 Å². The Morgan fingerprint density at radius 2 is 1.79 bits per heavy atom. The maximum absolute atomic E-state index is 14.3. The normalized spacial score (nSPS) is 22.5. The average Bonchev–Trinajstić information content (AvgIpc) is 3.44. The Kier molecular flexibility index (Phi) is 5.30. The summed E-state index contributed by atoms with van der Waals surface area (Å²) in [5.41, 5.74) is 3.63. The van der Waals surface area contributed by atoms with Crippen molar-refractivity contribution in [1.82, 2.24) is 15.1 Å². The van der Waals surface area contributed by atoms with Crippen LogP contribution in [0.5, 0.6) is 5.75 Å². The van der Waals surface area contributed by atoms with E-state index in [0.717, 1.165) is 60.3 Å². The number of hydrogen-bond donors (Lipinski definition) is 1. The lowest BCUT2D eigenvalue weighted by Gasteiger charge is -2.38. The number of amides is 3. The molecule has 4 heterocycles. The minimum atomic E-state index is -0.635. The molecule has 4 aliphatic rings. The summed E-state index contributed by atoms with van der Waals surface area (Å²) in [7, 11) is 0. The van der Waals surface area contributed by atoms with Crippen molar-refractivity contribution in [3.8, 4) is 5.75 Å². The molecule has 3 aromatic carbocycles. The Bertz CT molecular complexity index is 1510. The molecule has 1 N–H and O–H groups in total. The fourth-order valence-electron chi connectivity index (χ4n) is 6.75. The van der Waals surface area contributed by atoms with E-state index in [9.17, 15) is 18.8 Å². The molecule has 8 heteroatoms. The van der Waals surface area contributed by atoms with E-state index in [0.29, 0.717) is 30.5 Å². The van der Waals surface area contributed by atoms with Gasteiger partial charge in [-0.25, -0.2) is 4.39 Å². The zero-order valence-electron chi connectivity index (χ0n) is 21.0. The molecule has 0 bridgehead atoms. The largest absolute Gasteiger partial charge is 0.492 e. The third-order valence-corrected chi connectivity index (χ3v) is 8.90. The second-order valence-corrected chi connectivity index (χ2v) is 11.0. The molecular weight excluding hydrogens is 485 g/mol. The summed E-state index contributed by atoms with van der Waals surface area (Å²) in [6.45, 7) is 3.46. The monoisotopic (exact) mass is 513 g/mol. The molecule has 0 saturated carbocycles. The van der Waals surface area contributed by atoms with Crippen LogP contribution in [0, 0.1) is 5.82 Å². The predicted molar refractivity (Wildman–Crippen MR) is 138 cm³/mol. The van der Waals surface area contributed by atoms with Crippen molar-refractivity contribution >= 4 is 28.5 Å². The van der Waals surface area contributed by atoms with Crippen LogP contribution >= 0.6 is 0 Å². The summed E-state index contributed by atoms with van der Waals surface area (Å²) in [4.78, 5) is 41.2. The number of carbonyl (C=O) groups excluding carboxylic acids is 3. The fourth-order valence-corrected chi connectivity index (χ4v) is 6.75. The van der Waals surface area contributed by atoms with Crippen molar-refractivity contribution in [2.24, 2.45) is 0 Å². The highest BCUT2D eigenvalue weighted by molar-refractivity contribution is 6.05. The van der Waals surface area contributed by atoms with E-state index in [-0.39, 0.29) is 29.5 Å². The van der Waals surface area contributed by atoms with Crippen LogP contribution in [-0.4, -0.2) is 53.3 Å². The maximum atomic E-state index is 14.3. The highest BCUT2D eigenvalue weighted by Gasteiger charge is 2.47. The zero-order valence-corrected chi connectivity index (χ0v) is 21.0. The summed E-state index contributed by atoms with van der Waals surface area (Å²) in [5, 5.41) is 3.98. The molecule has 1 atom stereocenters. The third-order valence-electron chi connectivity index (χ3n) is 8.90. The third kappa shape index (κ3) is 3.54. The van der Waals surface area contributed by atoms with Crippen LogP contribution in [0.4, 0.5) is 4.39 Å². The molecule has 3 aromatic rings.